The van der Waals surface area contributed by atoms with E-state index in [-0.39, 0.29) is 0 Å². The van der Waals surface area contributed by atoms with Gasteiger partial charge in [0.25, 0.3) is 0 Å². The number of hydrogen-bond acceptors (Lipinski definition) is 2. The highest BCUT2D eigenvalue weighted by Gasteiger charge is 2.09. The zero-order chi connectivity index (χ0) is 17.9. The first-order valence-electron chi connectivity index (χ1n) is 8.14. The van der Waals surface area contributed by atoms with E-state index in [4.69, 9.17) is 4.98 Å². The Kier molecular flexibility index (Phi) is 4.96. The summed E-state index contributed by atoms with van der Waals surface area (Å²) in [6.07, 6.45) is 1.81. The van der Waals surface area contributed by atoms with E-state index in [9.17, 15) is 0 Å². The van der Waals surface area contributed by atoms with Crippen LogP contribution in [-0.4, -0.2) is 9.97 Å². The molecule has 0 unspecified atom stereocenters. The van der Waals surface area contributed by atoms with Gasteiger partial charge in [0.2, 0.25) is 0 Å². The molecule has 0 atom stereocenters. The van der Waals surface area contributed by atoms with Crippen molar-refractivity contribution in [2.24, 2.45) is 0 Å². The lowest BCUT2D eigenvalue weighted by Gasteiger charge is -2.10. The van der Waals surface area contributed by atoms with Crippen LogP contribution >= 0.6 is 31.9 Å². The van der Waals surface area contributed by atoms with Crippen molar-refractivity contribution in [3.05, 3.63) is 94.0 Å². The van der Waals surface area contributed by atoms with Crippen molar-refractivity contribution in [2.45, 2.75) is 0 Å². The molecule has 2 aromatic heterocycles. The molecule has 0 saturated carbocycles. The van der Waals surface area contributed by atoms with Crippen LogP contribution in [0.1, 0.15) is 0 Å². The van der Waals surface area contributed by atoms with Crippen LogP contribution in [0.25, 0.3) is 33.8 Å². The summed E-state index contributed by atoms with van der Waals surface area (Å²) in [7, 11) is 0. The van der Waals surface area contributed by atoms with Crippen molar-refractivity contribution in [3.8, 4) is 33.8 Å². The number of rotatable bonds is 3. The first-order chi connectivity index (χ1) is 12.7. The summed E-state index contributed by atoms with van der Waals surface area (Å²) in [6, 6.07) is 26.5. The number of aromatic nitrogens is 2. The molecule has 2 heterocycles. The van der Waals surface area contributed by atoms with E-state index in [1.807, 2.05) is 48.7 Å². The summed E-state index contributed by atoms with van der Waals surface area (Å²) in [5, 5.41) is 0. The Hall–Kier alpha value is -2.30. The summed E-state index contributed by atoms with van der Waals surface area (Å²) in [5.41, 5.74) is 5.99. The Bertz CT molecular complexity index is 964. The maximum atomic E-state index is 4.90. The molecule has 26 heavy (non-hydrogen) atoms. The highest BCUT2D eigenvalue weighted by atomic mass is 79.9. The summed E-state index contributed by atoms with van der Waals surface area (Å²) >= 11 is 6.98. The van der Waals surface area contributed by atoms with E-state index in [1.54, 1.807) is 0 Å². The van der Waals surface area contributed by atoms with E-state index in [0.29, 0.717) is 0 Å². The van der Waals surface area contributed by atoms with Gasteiger partial charge in [-0.3, -0.25) is 4.98 Å². The smallest absolute Gasteiger partial charge is 0.0716 e. The fourth-order valence-corrected chi connectivity index (χ4v) is 3.28. The molecule has 4 rings (SSSR count). The van der Waals surface area contributed by atoms with Crippen LogP contribution < -0.4 is 0 Å². The minimum absolute atomic E-state index is 0.929. The van der Waals surface area contributed by atoms with Gasteiger partial charge in [0.05, 0.1) is 17.1 Å². The van der Waals surface area contributed by atoms with Crippen molar-refractivity contribution in [1.29, 1.82) is 0 Å². The zero-order valence-corrected chi connectivity index (χ0v) is 16.9. The second-order valence-electron chi connectivity index (χ2n) is 5.86. The van der Waals surface area contributed by atoms with Crippen molar-refractivity contribution in [2.75, 3.05) is 0 Å². The van der Waals surface area contributed by atoms with E-state index in [0.717, 1.165) is 42.7 Å². The third-order valence-corrected chi connectivity index (χ3v) is 5.12. The maximum Gasteiger partial charge on any atom is 0.0716 e. The second-order valence-corrected chi connectivity index (χ2v) is 7.69. The van der Waals surface area contributed by atoms with E-state index in [2.05, 4.69) is 73.2 Å². The van der Waals surface area contributed by atoms with Crippen molar-refractivity contribution >= 4 is 31.9 Å². The van der Waals surface area contributed by atoms with Gasteiger partial charge in [-0.25, -0.2) is 4.98 Å². The Morgan fingerprint density at radius 2 is 1.08 bits per heavy atom. The predicted octanol–water partition coefficient (Wildman–Crippen LogP) is 7.00. The van der Waals surface area contributed by atoms with Crippen LogP contribution in [-0.2, 0) is 0 Å². The van der Waals surface area contributed by atoms with Gasteiger partial charge in [-0.15, -0.1) is 0 Å². The standard InChI is InChI=1S/C22H14Br2N2/c23-18-8-4-15(5-9-18)21-13-17(20-3-1-2-12-25-20)14-22(26-21)16-6-10-19(24)11-7-16/h1-14H. The fraction of sp³-hybridized carbons (Fsp3) is 0. The topological polar surface area (TPSA) is 25.8 Å². The fourth-order valence-electron chi connectivity index (χ4n) is 2.75. The Balaban J connectivity index is 1.89. The molecule has 0 aliphatic carbocycles. The molecule has 0 aliphatic heterocycles. The van der Waals surface area contributed by atoms with Crippen LogP contribution in [0, 0.1) is 0 Å². The van der Waals surface area contributed by atoms with E-state index in [1.165, 1.54) is 0 Å². The average Bonchev–Trinajstić information content (AvgIpc) is 2.69. The number of halogens is 2. The first-order valence-corrected chi connectivity index (χ1v) is 9.73. The molecule has 0 aliphatic rings. The predicted molar refractivity (Wildman–Crippen MR) is 114 cm³/mol. The molecule has 4 aromatic rings. The molecule has 0 fully saturated rings. The van der Waals surface area contributed by atoms with Crippen LogP contribution in [0.4, 0.5) is 0 Å². The van der Waals surface area contributed by atoms with Crippen molar-refractivity contribution < 1.29 is 0 Å². The molecule has 0 bridgehead atoms. The van der Waals surface area contributed by atoms with Gasteiger partial charge >= 0.3 is 0 Å². The molecule has 2 nitrogen and oxygen atoms in total. The lowest BCUT2D eigenvalue weighted by Crippen LogP contribution is -1.92. The molecular weight excluding hydrogens is 452 g/mol. The van der Waals surface area contributed by atoms with Gasteiger partial charge in [0, 0.05) is 31.8 Å². The summed E-state index contributed by atoms with van der Waals surface area (Å²) in [6.45, 7) is 0. The molecule has 4 heteroatoms. The minimum atomic E-state index is 0.929. The maximum absolute atomic E-state index is 4.90. The quantitative estimate of drug-likeness (QED) is 0.325. The Labute approximate surface area is 169 Å². The molecule has 0 saturated heterocycles. The summed E-state index contributed by atoms with van der Waals surface area (Å²) in [4.78, 5) is 9.40. The molecular formula is C22H14Br2N2. The van der Waals surface area contributed by atoms with Gasteiger partial charge in [0.15, 0.2) is 0 Å². The van der Waals surface area contributed by atoms with E-state index >= 15 is 0 Å². The van der Waals surface area contributed by atoms with Gasteiger partial charge in [-0.05, 0) is 48.5 Å². The number of nitrogens with zero attached hydrogens (tertiary/aromatic N) is 2. The molecule has 126 valence electrons. The molecule has 0 spiro atoms. The van der Waals surface area contributed by atoms with Gasteiger partial charge < -0.3 is 0 Å². The first kappa shape index (κ1) is 17.1. The average molecular weight is 466 g/mol. The third-order valence-electron chi connectivity index (χ3n) is 4.07. The summed E-state index contributed by atoms with van der Waals surface area (Å²) < 4.78 is 2.10. The lowest BCUT2D eigenvalue weighted by atomic mass is 10.0. The Morgan fingerprint density at radius 1 is 0.538 bits per heavy atom. The van der Waals surface area contributed by atoms with Gasteiger partial charge in [-0.1, -0.05) is 62.2 Å². The van der Waals surface area contributed by atoms with Crippen LogP contribution in [0.15, 0.2) is 94.0 Å². The minimum Gasteiger partial charge on any atom is -0.256 e. The van der Waals surface area contributed by atoms with Crippen LogP contribution in [0.3, 0.4) is 0 Å². The SMILES string of the molecule is Brc1ccc(-c2cc(-c3ccccn3)cc(-c3ccc(Br)cc3)n2)cc1. The lowest BCUT2D eigenvalue weighted by molar-refractivity contribution is 1.29. The second kappa shape index (κ2) is 7.52. The molecule has 0 radical (unpaired) electrons. The molecule has 2 aromatic carbocycles. The van der Waals surface area contributed by atoms with Crippen LogP contribution in [0.2, 0.25) is 0 Å². The van der Waals surface area contributed by atoms with Crippen molar-refractivity contribution in [3.63, 3.8) is 0 Å². The number of pyridine rings is 2. The molecule has 0 N–H and O–H groups in total. The van der Waals surface area contributed by atoms with Gasteiger partial charge in [0.1, 0.15) is 0 Å². The zero-order valence-electron chi connectivity index (χ0n) is 13.7. The highest BCUT2D eigenvalue weighted by Crippen LogP contribution is 2.30. The normalized spacial score (nSPS) is 10.7. The van der Waals surface area contributed by atoms with Gasteiger partial charge in [-0.2, -0.15) is 0 Å². The summed E-state index contributed by atoms with van der Waals surface area (Å²) in [5.74, 6) is 0. The van der Waals surface area contributed by atoms with Crippen LogP contribution in [0.5, 0.6) is 0 Å². The van der Waals surface area contributed by atoms with E-state index < -0.39 is 0 Å². The monoisotopic (exact) mass is 464 g/mol. The van der Waals surface area contributed by atoms with Crippen molar-refractivity contribution in [1.82, 2.24) is 9.97 Å². The third kappa shape index (κ3) is 3.76. The largest absolute Gasteiger partial charge is 0.256 e. The number of hydrogen-bond donors (Lipinski definition) is 0. The number of benzene rings is 2. The Morgan fingerprint density at radius 3 is 1.54 bits per heavy atom. The molecule has 0 amide bonds. The highest BCUT2D eigenvalue weighted by molar-refractivity contribution is 9.10.